The Labute approximate surface area is 174 Å². The van der Waals surface area contributed by atoms with E-state index < -0.39 is 0 Å². The zero-order valence-corrected chi connectivity index (χ0v) is 19.7. The maximum absolute atomic E-state index is 2.48. The smallest absolute Gasteiger partial charge is 0.0351 e. The molecule has 0 radical (unpaired) electrons. The van der Waals surface area contributed by atoms with E-state index in [0.717, 1.165) is 11.8 Å². The van der Waals surface area contributed by atoms with Gasteiger partial charge in [0.1, 0.15) is 0 Å². The van der Waals surface area contributed by atoms with Gasteiger partial charge in [0.05, 0.1) is 0 Å². The Morgan fingerprint density at radius 2 is 0.889 bits per heavy atom. The molecule has 2 atom stereocenters. The minimum atomic E-state index is 0.956. The predicted molar refractivity (Wildman–Crippen MR) is 127 cm³/mol. The quantitative estimate of drug-likeness (QED) is 0.138. The largest absolute Gasteiger partial charge is 0.0888 e. The van der Waals surface area contributed by atoms with Crippen molar-refractivity contribution in [2.24, 2.45) is 11.8 Å². The Kier molecular flexibility index (Phi) is 21.8. The lowest BCUT2D eigenvalue weighted by Gasteiger charge is -2.12. The number of hydrogen-bond acceptors (Lipinski definition) is 0. The zero-order chi connectivity index (χ0) is 20.0. The first-order chi connectivity index (χ1) is 13.2. The van der Waals surface area contributed by atoms with Crippen LogP contribution < -0.4 is 0 Å². The number of hydrogen-bond donors (Lipinski definition) is 0. The average Bonchev–Trinajstić information content (AvgIpc) is 2.66. The Balaban J connectivity index is 3.26. The normalized spacial score (nSPS) is 14.1. The van der Waals surface area contributed by atoms with Gasteiger partial charge in [0.25, 0.3) is 0 Å². The van der Waals surface area contributed by atoms with Crippen LogP contribution in [0.5, 0.6) is 0 Å². The summed E-state index contributed by atoms with van der Waals surface area (Å²) in [5.41, 5.74) is 0. The predicted octanol–water partition coefficient (Wildman–Crippen LogP) is 10.3. The molecule has 0 heterocycles. The molecule has 0 aromatic heterocycles. The fourth-order valence-corrected chi connectivity index (χ4v) is 4.12. The molecule has 162 valence electrons. The Hall–Kier alpha value is -0.260. The Bertz CT molecular complexity index is 290. The van der Waals surface area contributed by atoms with Crippen LogP contribution in [-0.2, 0) is 0 Å². The molecule has 0 aromatic rings. The third-order valence-corrected chi connectivity index (χ3v) is 6.16. The lowest BCUT2D eigenvalue weighted by Crippen LogP contribution is -1.96. The van der Waals surface area contributed by atoms with Gasteiger partial charge >= 0.3 is 0 Å². The maximum Gasteiger partial charge on any atom is -0.0351 e. The molecule has 0 heteroatoms. The molecule has 0 aromatic carbocycles. The molecule has 0 spiro atoms. The van der Waals surface area contributed by atoms with Gasteiger partial charge in [-0.25, -0.2) is 0 Å². The zero-order valence-electron chi connectivity index (χ0n) is 19.7. The molecule has 0 saturated carbocycles. The van der Waals surface area contributed by atoms with E-state index in [4.69, 9.17) is 0 Å². The summed E-state index contributed by atoms with van der Waals surface area (Å²) >= 11 is 0. The molecule has 0 N–H and O–H groups in total. The first-order valence-corrected chi connectivity index (χ1v) is 12.9. The molecule has 0 aliphatic heterocycles. The summed E-state index contributed by atoms with van der Waals surface area (Å²) in [5, 5.41) is 0. The molecule has 2 unspecified atom stereocenters. The van der Waals surface area contributed by atoms with E-state index in [1.807, 2.05) is 0 Å². The highest BCUT2D eigenvalue weighted by molar-refractivity contribution is 4.79. The van der Waals surface area contributed by atoms with Gasteiger partial charge < -0.3 is 0 Å². The van der Waals surface area contributed by atoms with Crippen LogP contribution in [0, 0.1) is 11.8 Å². The molecule has 0 amide bonds. The first-order valence-electron chi connectivity index (χ1n) is 12.9. The number of allylic oxidation sites excluding steroid dienone is 2. The fourth-order valence-electron chi connectivity index (χ4n) is 4.12. The highest BCUT2D eigenvalue weighted by Gasteiger charge is 2.04. The molecule has 0 fully saturated rings. The fraction of sp³-hybridized carbons (Fsp3) is 0.926. The molecule has 0 nitrogen and oxygen atoms in total. The summed E-state index contributed by atoms with van der Waals surface area (Å²) in [6, 6.07) is 0. The van der Waals surface area contributed by atoms with Gasteiger partial charge in [0, 0.05) is 0 Å². The van der Waals surface area contributed by atoms with E-state index in [1.165, 1.54) is 122 Å². The van der Waals surface area contributed by atoms with E-state index in [0.29, 0.717) is 0 Å². The highest BCUT2D eigenvalue weighted by Crippen LogP contribution is 2.20. The summed E-state index contributed by atoms with van der Waals surface area (Å²) < 4.78 is 0. The maximum atomic E-state index is 2.48. The Morgan fingerprint density at radius 3 is 1.33 bits per heavy atom. The average molecular weight is 379 g/mol. The van der Waals surface area contributed by atoms with Gasteiger partial charge in [-0.2, -0.15) is 0 Å². The standard InChI is InChI=1S/C27H54/c1-5-7-9-10-11-12-13-14-15-19-23-27(4)25-21-17-16-20-24-26(3)22-18-8-6-2/h7,9,26-27H,5-6,8,10-25H2,1-4H3/b9-7+. The van der Waals surface area contributed by atoms with Crippen molar-refractivity contribution in [1.82, 2.24) is 0 Å². The lowest BCUT2D eigenvalue weighted by atomic mass is 9.94. The second kappa shape index (κ2) is 22.0. The number of unbranched alkanes of at least 4 members (excludes halogenated alkanes) is 11. The van der Waals surface area contributed by atoms with Crippen molar-refractivity contribution >= 4 is 0 Å². The van der Waals surface area contributed by atoms with Crippen LogP contribution in [0.4, 0.5) is 0 Å². The van der Waals surface area contributed by atoms with E-state index >= 15 is 0 Å². The van der Waals surface area contributed by atoms with Crippen LogP contribution >= 0.6 is 0 Å². The number of rotatable bonds is 21. The lowest BCUT2D eigenvalue weighted by molar-refractivity contribution is 0.414. The van der Waals surface area contributed by atoms with Crippen LogP contribution in [-0.4, -0.2) is 0 Å². The van der Waals surface area contributed by atoms with E-state index in [9.17, 15) is 0 Å². The van der Waals surface area contributed by atoms with Gasteiger partial charge in [0.15, 0.2) is 0 Å². The van der Waals surface area contributed by atoms with Crippen molar-refractivity contribution in [3.8, 4) is 0 Å². The molecule has 0 bridgehead atoms. The van der Waals surface area contributed by atoms with Crippen molar-refractivity contribution in [3.63, 3.8) is 0 Å². The Morgan fingerprint density at radius 1 is 0.481 bits per heavy atom. The van der Waals surface area contributed by atoms with Crippen molar-refractivity contribution in [2.45, 2.75) is 150 Å². The van der Waals surface area contributed by atoms with Gasteiger partial charge in [-0.3, -0.25) is 0 Å². The van der Waals surface area contributed by atoms with Gasteiger partial charge in [-0.15, -0.1) is 0 Å². The van der Waals surface area contributed by atoms with Gasteiger partial charge in [-0.1, -0.05) is 143 Å². The molecule has 0 rings (SSSR count). The molecule has 0 aliphatic carbocycles. The van der Waals surface area contributed by atoms with Crippen molar-refractivity contribution in [1.29, 1.82) is 0 Å². The monoisotopic (exact) mass is 378 g/mol. The van der Waals surface area contributed by atoms with Crippen molar-refractivity contribution < 1.29 is 0 Å². The van der Waals surface area contributed by atoms with E-state index in [1.54, 1.807) is 0 Å². The van der Waals surface area contributed by atoms with Gasteiger partial charge in [-0.05, 0) is 31.1 Å². The molecule has 0 saturated heterocycles. The summed E-state index contributed by atoms with van der Waals surface area (Å²) in [6.45, 7) is 9.46. The third-order valence-electron chi connectivity index (χ3n) is 6.16. The second-order valence-electron chi connectivity index (χ2n) is 9.28. The molecule has 0 aliphatic rings. The van der Waals surface area contributed by atoms with E-state index in [-0.39, 0.29) is 0 Å². The van der Waals surface area contributed by atoms with Crippen LogP contribution in [0.3, 0.4) is 0 Å². The molecular formula is C27H54. The minimum Gasteiger partial charge on any atom is -0.0888 e. The highest BCUT2D eigenvalue weighted by atomic mass is 14.1. The molecular weight excluding hydrogens is 324 g/mol. The topological polar surface area (TPSA) is 0 Å². The van der Waals surface area contributed by atoms with Gasteiger partial charge in [0.2, 0.25) is 0 Å². The van der Waals surface area contributed by atoms with Crippen LogP contribution in [0.2, 0.25) is 0 Å². The van der Waals surface area contributed by atoms with Crippen LogP contribution in [0.25, 0.3) is 0 Å². The second-order valence-corrected chi connectivity index (χ2v) is 9.28. The van der Waals surface area contributed by atoms with Crippen molar-refractivity contribution in [2.75, 3.05) is 0 Å². The summed E-state index contributed by atoms with van der Waals surface area (Å²) in [7, 11) is 0. The minimum absolute atomic E-state index is 0.956. The summed E-state index contributed by atoms with van der Waals surface area (Å²) in [5.74, 6) is 1.92. The van der Waals surface area contributed by atoms with Crippen molar-refractivity contribution in [3.05, 3.63) is 12.2 Å². The molecule has 27 heavy (non-hydrogen) atoms. The first kappa shape index (κ1) is 26.7. The van der Waals surface area contributed by atoms with Crippen LogP contribution in [0.15, 0.2) is 12.2 Å². The van der Waals surface area contributed by atoms with Crippen LogP contribution in [0.1, 0.15) is 150 Å². The summed E-state index contributed by atoms with van der Waals surface area (Å²) in [6.07, 6.45) is 31.8. The summed E-state index contributed by atoms with van der Waals surface area (Å²) in [4.78, 5) is 0. The van der Waals surface area contributed by atoms with E-state index in [2.05, 4.69) is 39.8 Å². The SMILES string of the molecule is CC/C=C/CCCCCCCCC(C)CCCCCCC(C)CCCCC. The third kappa shape index (κ3) is 21.9.